The van der Waals surface area contributed by atoms with Crippen molar-refractivity contribution in [2.75, 3.05) is 24.6 Å². The lowest BCUT2D eigenvalue weighted by Crippen LogP contribution is -2.37. The second kappa shape index (κ2) is 8.56. The van der Waals surface area contributed by atoms with Crippen molar-refractivity contribution < 1.29 is 0 Å². The fourth-order valence-electron chi connectivity index (χ4n) is 3.33. The van der Waals surface area contributed by atoms with E-state index in [-0.39, 0.29) is 0 Å². The van der Waals surface area contributed by atoms with Crippen LogP contribution in [-0.4, -0.2) is 24.6 Å². The summed E-state index contributed by atoms with van der Waals surface area (Å²) in [4.78, 5) is 0. The molecule has 1 nitrogen and oxygen atoms in total. The molecule has 0 aromatic rings. The van der Waals surface area contributed by atoms with Crippen molar-refractivity contribution in [1.29, 1.82) is 0 Å². The van der Waals surface area contributed by atoms with Crippen molar-refractivity contribution in [3.8, 4) is 0 Å². The number of thioether (sulfide) groups is 1. The number of nitrogens with one attached hydrogen (secondary N) is 1. The van der Waals surface area contributed by atoms with E-state index in [2.05, 4.69) is 51.7 Å². The molecule has 0 aliphatic heterocycles. The summed E-state index contributed by atoms with van der Waals surface area (Å²) < 4.78 is 0. The molecule has 1 saturated carbocycles. The summed E-state index contributed by atoms with van der Waals surface area (Å²) in [5, 5.41) is 3.70. The van der Waals surface area contributed by atoms with Crippen molar-refractivity contribution in [3.63, 3.8) is 0 Å². The van der Waals surface area contributed by atoms with Crippen LogP contribution < -0.4 is 5.32 Å². The Balaban J connectivity index is 2.41. The van der Waals surface area contributed by atoms with Crippen LogP contribution in [0.15, 0.2) is 0 Å². The highest BCUT2D eigenvalue weighted by Crippen LogP contribution is 2.43. The highest BCUT2D eigenvalue weighted by molar-refractivity contribution is 7.99. The van der Waals surface area contributed by atoms with Crippen LogP contribution in [0.2, 0.25) is 0 Å². The topological polar surface area (TPSA) is 12.0 Å². The Morgan fingerprint density at radius 2 is 2.00 bits per heavy atom. The summed E-state index contributed by atoms with van der Waals surface area (Å²) in [6.07, 6.45) is 5.71. The Bertz CT molecular complexity index is 237. The van der Waals surface area contributed by atoms with Gasteiger partial charge in [-0.15, -0.1) is 0 Å². The highest BCUT2D eigenvalue weighted by Gasteiger charge is 2.34. The number of hydrogen-bond acceptors (Lipinski definition) is 2. The third-order valence-corrected chi connectivity index (χ3v) is 5.40. The predicted octanol–water partition coefficient (Wildman–Crippen LogP) is 4.82. The van der Waals surface area contributed by atoms with E-state index in [1.807, 2.05) is 0 Å². The molecule has 1 aliphatic rings. The maximum atomic E-state index is 3.70. The monoisotopic (exact) mass is 285 g/mol. The van der Waals surface area contributed by atoms with Gasteiger partial charge in [0.15, 0.2) is 0 Å². The first-order chi connectivity index (χ1) is 8.94. The third kappa shape index (κ3) is 7.04. The Kier molecular flexibility index (Phi) is 7.83. The zero-order valence-corrected chi connectivity index (χ0v) is 14.6. The highest BCUT2D eigenvalue weighted by atomic mass is 32.2. The van der Waals surface area contributed by atoms with Crippen LogP contribution in [0.1, 0.15) is 60.3 Å². The Morgan fingerprint density at radius 1 is 1.26 bits per heavy atom. The van der Waals surface area contributed by atoms with E-state index in [1.165, 1.54) is 50.3 Å². The van der Waals surface area contributed by atoms with Crippen molar-refractivity contribution in [3.05, 3.63) is 0 Å². The number of hydrogen-bond donors (Lipinski definition) is 1. The largest absolute Gasteiger partial charge is 0.316 e. The molecule has 1 rings (SSSR count). The molecule has 2 unspecified atom stereocenters. The standard InChI is InChI=1S/C17H35NS/c1-6-19-10-8-15-11-17(4,5)9-7-16(15)13-18-12-14(2)3/h14-16,18H,6-13H2,1-5H3. The Labute approximate surface area is 125 Å². The molecule has 0 saturated heterocycles. The van der Waals surface area contributed by atoms with E-state index in [4.69, 9.17) is 0 Å². The molecule has 0 amide bonds. The lowest BCUT2D eigenvalue weighted by atomic mass is 9.66. The van der Waals surface area contributed by atoms with Gasteiger partial charge in [-0.2, -0.15) is 11.8 Å². The van der Waals surface area contributed by atoms with Crippen LogP contribution in [0.4, 0.5) is 0 Å². The van der Waals surface area contributed by atoms with Crippen molar-refractivity contribution >= 4 is 11.8 Å². The number of rotatable bonds is 8. The Hall–Kier alpha value is 0.310. The minimum absolute atomic E-state index is 0.579. The summed E-state index contributed by atoms with van der Waals surface area (Å²) in [6, 6.07) is 0. The molecule has 0 aromatic carbocycles. The summed E-state index contributed by atoms with van der Waals surface area (Å²) in [6.45, 7) is 14.2. The van der Waals surface area contributed by atoms with E-state index < -0.39 is 0 Å². The van der Waals surface area contributed by atoms with E-state index in [0.717, 1.165) is 17.8 Å². The first-order valence-electron chi connectivity index (χ1n) is 8.23. The SMILES string of the molecule is CCSCCC1CC(C)(C)CCC1CNCC(C)C. The van der Waals surface area contributed by atoms with Gasteiger partial charge in [-0.3, -0.25) is 0 Å². The molecule has 0 bridgehead atoms. The average Bonchev–Trinajstić information content (AvgIpc) is 2.31. The van der Waals surface area contributed by atoms with Crippen LogP contribution in [0.3, 0.4) is 0 Å². The van der Waals surface area contributed by atoms with Gasteiger partial charge in [0.2, 0.25) is 0 Å². The minimum atomic E-state index is 0.579. The fraction of sp³-hybridized carbons (Fsp3) is 1.00. The van der Waals surface area contributed by atoms with E-state index in [9.17, 15) is 0 Å². The van der Waals surface area contributed by atoms with Gasteiger partial charge in [0.25, 0.3) is 0 Å². The molecule has 0 spiro atoms. The van der Waals surface area contributed by atoms with Crippen LogP contribution in [-0.2, 0) is 0 Å². The van der Waals surface area contributed by atoms with Gasteiger partial charge in [-0.05, 0) is 73.4 Å². The van der Waals surface area contributed by atoms with Gasteiger partial charge in [0.05, 0.1) is 0 Å². The van der Waals surface area contributed by atoms with Gasteiger partial charge in [0.1, 0.15) is 0 Å². The van der Waals surface area contributed by atoms with Crippen molar-refractivity contribution in [2.24, 2.45) is 23.2 Å². The smallest absolute Gasteiger partial charge is 0.00177 e. The molecule has 0 heterocycles. The van der Waals surface area contributed by atoms with Crippen molar-refractivity contribution in [2.45, 2.75) is 60.3 Å². The average molecular weight is 286 g/mol. The molecule has 0 radical (unpaired) electrons. The van der Waals surface area contributed by atoms with Gasteiger partial charge in [-0.25, -0.2) is 0 Å². The molecular weight excluding hydrogens is 250 g/mol. The van der Waals surface area contributed by atoms with Crippen LogP contribution in [0.5, 0.6) is 0 Å². The molecule has 114 valence electrons. The predicted molar refractivity (Wildman–Crippen MR) is 89.9 cm³/mol. The van der Waals surface area contributed by atoms with E-state index >= 15 is 0 Å². The maximum Gasteiger partial charge on any atom is -0.00177 e. The summed E-state index contributed by atoms with van der Waals surface area (Å²) in [5.74, 6) is 5.27. The zero-order valence-electron chi connectivity index (χ0n) is 13.8. The minimum Gasteiger partial charge on any atom is -0.316 e. The molecule has 2 atom stereocenters. The van der Waals surface area contributed by atoms with Crippen LogP contribution in [0.25, 0.3) is 0 Å². The molecule has 0 aromatic heterocycles. The van der Waals surface area contributed by atoms with Crippen molar-refractivity contribution in [1.82, 2.24) is 5.32 Å². The van der Waals surface area contributed by atoms with E-state index in [1.54, 1.807) is 0 Å². The van der Waals surface area contributed by atoms with Gasteiger partial charge >= 0.3 is 0 Å². The lowest BCUT2D eigenvalue weighted by Gasteiger charge is -2.41. The fourth-order valence-corrected chi connectivity index (χ4v) is 4.09. The normalized spacial score (nSPS) is 26.8. The van der Waals surface area contributed by atoms with Crippen LogP contribution >= 0.6 is 11.8 Å². The molecule has 1 N–H and O–H groups in total. The molecule has 2 heteroatoms. The quantitative estimate of drug-likeness (QED) is 0.642. The first kappa shape index (κ1) is 17.4. The second-order valence-corrected chi connectivity index (χ2v) is 8.86. The van der Waals surface area contributed by atoms with E-state index in [0.29, 0.717) is 5.41 Å². The maximum absolute atomic E-state index is 3.70. The summed E-state index contributed by atoms with van der Waals surface area (Å²) in [5.41, 5.74) is 0.579. The second-order valence-electron chi connectivity index (χ2n) is 7.46. The zero-order chi connectivity index (χ0) is 14.3. The molecule has 1 aliphatic carbocycles. The van der Waals surface area contributed by atoms with Gasteiger partial charge in [-0.1, -0.05) is 34.6 Å². The first-order valence-corrected chi connectivity index (χ1v) is 9.38. The Morgan fingerprint density at radius 3 is 2.63 bits per heavy atom. The molecular formula is C17H35NS. The van der Waals surface area contributed by atoms with Gasteiger partial charge < -0.3 is 5.32 Å². The summed E-state index contributed by atoms with van der Waals surface area (Å²) >= 11 is 2.11. The lowest BCUT2D eigenvalue weighted by molar-refractivity contribution is 0.113. The third-order valence-electron chi connectivity index (χ3n) is 4.47. The molecule has 1 fully saturated rings. The summed E-state index contributed by atoms with van der Waals surface area (Å²) in [7, 11) is 0. The van der Waals surface area contributed by atoms with Gasteiger partial charge in [0, 0.05) is 0 Å². The molecule has 19 heavy (non-hydrogen) atoms. The van der Waals surface area contributed by atoms with Crippen LogP contribution in [0, 0.1) is 23.2 Å².